The Labute approximate surface area is 123 Å². The minimum Gasteiger partial charge on any atom is -0.309 e. The van der Waals surface area contributed by atoms with E-state index in [0.717, 1.165) is 18.5 Å². The summed E-state index contributed by atoms with van der Waals surface area (Å²) in [6.07, 6.45) is 4.45. The Bertz CT molecular complexity index is 569. The minimum atomic E-state index is -0.0977. The van der Waals surface area contributed by atoms with Crippen LogP contribution in [0, 0.1) is 5.82 Å². The Kier molecular flexibility index (Phi) is 4.18. The zero-order valence-electron chi connectivity index (χ0n) is 11.8. The van der Waals surface area contributed by atoms with Crippen molar-refractivity contribution < 1.29 is 4.39 Å². The van der Waals surface area contributed by atoms with Crippen LogP contribution in [-0.4, -0.2) is 6.54 Å². The molecule has 0 aliphatic heterocycles. The first-order chi connectivity index (χ1) is 9.78. The van der Waals surface area contributed by atoms with Crippen molar-refractivity contribution in [3.05, 3.63) is 57.0 Å². The summed E-state index contributed by atoms with van der Waals surface area (Å²) in [6, 6.07) is 9.67. The number of benzene rings is 1. The van der Waals surface area contributed by atoms with E-state index in [2.05, 4.69) is 18.3 Å². The summed E-state index contributed by atoms with van der Waals surface area (Å²) in [5, 5.41) is 3.51. The van der Waals surface area contributed by atoms with Crippen molar-refractivity contribution in [1.82, 2.24) is 5.32 Å². The first-order valence-corrected chi connectivity index (χ1v) is 8.18. The Hall–Kier alpha value is -1.19. The van der Waals surface area contributed by atoms with Crippen molar-refractivity contribution in [1.29, 1.82) is 0 Å². The molecule has 20 heavy (non-hydrogen) atoms. The summed E-state index contributed by atoms with van der Waals surface area (Å²) in [6.45, 7) is 3.01. The molecule has 0 spiro atoms. The highest BCUT2D eigenvalue weighted by molar-refractivity contribution is 7.12. The van der Waals surface area contributed by atoms with E-state index >= 15 is 0 Å². The van der Waals surface area contributed by atoms with Crippen LogP contribution in [0.4, 0.5) is 4.39 Å². The standard InChI is InChI=1S/C17H20FNS/c1-2-19-15(10-12-6-3-4-8-14(12)18)17-11-13-7-5-9-16(13)20-17/h3-4,6,8,11,15,19H,2,5,7,9-10H2,1H3. The van der Waals surface area contributed by atoms with Gasteiger partial charge in [0.05, 0.1) is 0 Å². The third kappa shape index (κ3) is 2.79. The lowest BCUT2D eigenvalue weighted by molar-refractivity contribution is 0.534. The van der Waals surface area contributed by atoms with Crippen LogP contribution in [0.1, 0.15) is 40.3 Å². The van der Waals surface area contributed by atoms with Crippen molar-refractivity contribution in [2.75, 3.05) is 6.54 Å². The molecular weight excluding hydrogens is 269 g/mol. The first-order valence-electron chi connectivity index (χ1n) is 7.36. The topological polar surface area (TPSA) is 12.0 Å². The van der Waals surface area contributed by atoms with Crippen LogP contribution in [0.25, 0.3) is 0 Å². The van der Waals surface area contributed by atoms with Crippen LogP contribution in [0.3, 0.4) is 0 Å². The molecule has 2 aromatic rings. The summed E-state index contributed by atoms with van der Waals surface area (Å²) in [5.41, 5.74) is 2.31. The molecule has 3 heteroatoms. The summed E-state index contributed by atoms with van der Waals surface area (Å²) in [7, 11) is 0. The van der Waals surface area contributed by atoms with Crippen LogP contribution in [-0.2, 0) is 19.3 Å². The van der Waals surface area contributed by atoms with Gasteiger partial charge in [0.2, 0.25) is 0 Å². The zero-order valence-corrected chi connectivity index (χ0v) is 12.6. The van der Waals surface area contributed by atoms with Crippen LogP contribution in [0.15, 0.2) is 30.3 Å². The molecule has 1 atom stereocenters. The highest BCUT2D eigenvalue weighted by atomic mass is 32.1. The maximum absolute atomic E-state index is 13.8. The van der Waals surface area contributed by atoms with E-state index in [-0.39, 0.29) is 11.9 Å². The van der Waals surface area contributed by atoms with Crippen LogP contribution in [0.2, 0.25) is 0 Å². The molecule has 1 aliphatic rings. The van der Waals surface area contributed by atoms with Crippen LogP contribution >= 0.6 is 11.3 Å². The molecule has 1 nitrogen and oxygen atoms in total. The molecule has 1 heterocycles. The fourth-order valence-corrected chi connectivity index (χ4v) is 4.26. The van der Waals surface area contributed by atoms with Gasteiger partial charge in [-0.2, -0.15) is 0 Å². The summed E-state index contributed by atoms with van der Waals surface area (Å²) < 4.78 is 13.8. The van der Waals surface area contributed by atoms with Crippen molar-refractivity contribution in [2.45, 2.75) is 38.6 Å². The third-order valence-electron chi connectivity index (χ3n) is 3.94. The number of halogens is 1. The van der Waals surface area contributed by atoms with E-state index < -0.39 is 0 Å². The molecular formula is C17H20FNS. The predicted molar refractivity (Wildman–Crippen MR) is 82.9 cm³/mol. The molecule has 1 aromatic carbocycles. The first kappa shape index (κ1) is 13.8. The van der Waals surface area contributed by atoms with Crippen molar-refractivity contribution in [2.24, 2.45) is 0 Å². The molecule has 0 fully saturated rings. The largest absolute Gasteiger partial charge is 0.309 e. The molecule has 0 radical (unpaired) electrons. The van der Waals surface area contributed by atoms with Gasteiger partial charge in [0.15, 0.2) is 0 Å². The lowest BCUT2D eigenvalue weighted by atomic mass is 10.0. The lowest BCUT2D eigenvalue weighted by Gasteiger charge is -2.17. The van der Waals surface area contributed by atoms with Gasteiger partial charge in [-0.3, -0.25) is 0 Å². The number of nitrogens with one attached hydrogen (secondary N) is 1. The highest BCUT2D eigenvalue weighted by Crippen LogP contribution is 2.35. The normalized spacial score (nSPS) is 15.3. The fraction of sp³-hybridized carbons (Fsp3) is 0.412. The van der Waals surface area contributed by atoms with Gasteiger partial charge in [-0.25, -0.2) is 4.39 Å². The van der Waals surface area contributed by atoms with Crippen molar-refractivity contribution >= 4 is 11.3 Å². The Morgan fingerprint density at radius 1 is 1.30 bits per heavy atom. The van der Waals surface area contributed by atoms with Gasteiger partial charge < -0.3 is 5.32 Å². The van der Waals surface area contributed by atoms with E-state index in [1.807, 2.05) is 23.5 Å². The molecule has 0 bridgehead atoms. The molecule has 0 saturated carbocycles. The quantitative estimate of drug-likeness (QED) is 0.867. The van der Waals surface area contributed by atoms with E-state index in [9.17, 15) is 4.39 Å². The molecule has 1 N–H and O–H groups in total. The van der Waals surface area contributed by atoms with E-state index in [0.29, 0.717) is 0 Å². The summed E-state index contributed by atoms with van der Waals surface area (Å²) in [4.78, 5) is 2.90. The predicted octanol–water partition coefficient (Wildman–Crippen LogP) is 4.27. The molecule has 1 aromatic heterocycles. The smallest absolute Gasteiger partial charge is 0.126 e. The van der Waals surface area contributed by atoms with Gasteiger partial charge in [-0.15, -0.1) is 11.3 Å². The van der Waals surface area contributed by atoms with Crippen LogP contribution in [0.5, 0.6) is 0 Å². The lowest BCUT2D eigenvalue weighted by Crippen LogP contribution is -2.22. The SMILES string of the molecule is CCNC(Cc1ccccc1F)c1cc2c(s1)CCC2. The zero-order chi connectivity index (χ0) is 13.9. The second-order valence-electron chi connectivity index (χ2n) is 5.36. The maximum Gasteiger partial charge on any atom is 0.126 e. The number of hydrogen-bond donors (Lipinski definition) is 1. The van der Waals surface area contributed by atoms with Gasteiger partial charge in [-0.1, -0.05) is 25.1 Å². The second-order valence-corrected chi connectivity index (χ2v) is 6.52. The monoisotopic (exact) mass is 289 g/mol. The van der Waals surface area contributed by atoms with E-state index in [1.165, 1.54) is 34.6 Å². The molecule has 1 unspecified atom stereocenters. The fourth-order valence-electron chi connectivity index (χ4n) is 2.93. The summed E-state index contributed by atoms with van der Waals surface area (Å²) in [5.74, 6) is -0.0977. The van der Waals surface area contributed by atoms with Gasteiger partial charge >= 0.3 is 0 Å². The number of likely N-dealkylation sites (N-methyl/N-ethyl adjacent to an activating group) is 1. The highest BCUT2D eigenvalue weighted by Gasteiger charge is 2.20. The maximum atomic E-state index is 13.8. The van der Waals surface area contributed by atoms with E-state index in [1.54, 1.807) is 12.1 Å². The Morgan fingerprint density at radius 2 is 2.15 bits per heavy atom. The van der Waals surface area contributed by atoms with Gasteiger partial charge in [0.25, 0.3) is 0 Å². The van der Waals surface area contributed by atoms with Gasteiger partial charge in [-0.05, 0) is 55.5 Å². The van der Waals surface area contributed by atoms with Crippen molar-refractivity contribution in [3.8, 4) is 0 Å². The molecule has 3 rings (SSSR count). The number of hydrogen-bond acceptors (Lipinski definition) is 2. The van der Waals surface area contributed by atoms with Crippen LogP contribution < -0.4 is 5.32 Å². The van der Waals surface area contributed by atoms with Crippen molar-refractivity contribution in [3.63, 3.8) is 0 Å². The average molecular weight is 289 g/mol. The molecule has 1 aliphatic carbocycles. The van der Waals surface area contributed by atoms with Gasteiger partial charge in [0.1, 0.15) is 5.82 Å². The average Bonchev–Trinajstić information content (AvgIpc) is 3.01. The minimum absolute atomic E-state index is 0.0977. The third-order valence-corrected chi connectivity index (χ3v) is 5.29. The Balaban J connectivity index is 1.83. The number of thiophene rings is 1. The second kappa shape index (κ2) is 6.06. The molecule has 106 valence electrons. The number of aryl methyl sites for hydroxylation is 2. The molecule has 0 saturated heterocycles. The number of fused-ring (bicyclic) bond motifs is 1. The van der Waals surface area contributed by atoms with E-state index in [4.69, 9.17) is 0 Å². The number of rotatable bonds is 5. The van der Waals surface area contributed by atoms with Gasteiger partial charge in [0, 0.05) is 15.8 Å². The molecule has 0 amide bonds. The Morgan fingerprint density at radius 3 is 2.90 bits per heavy atom. The summed E-state index contributed by atoms with van der Waals surface area (Å²) >= 11 is 1.91.